The average Bonchev–Trinajstić information content (AvgIpc) is 2.57. The van der Waals surface area contributed by atoms with E-state index >= 15 is 0 Å². The Bertz CT molecular complexity index is 1060. The summed E-state index contributed by atoms with van der Waals surface area (Å²) in [5, 5.41) is 9.08. The maximum atomic E-state index is 13.3. The number of alkyl halides is 3. The minimum Gasteiger partial charge on any atom is -0.506 e. The molecule has 1 aromatic carbocycles. The minimum atomic E-state index is -5.26. The molecule has 0 aliphatic rings. The Labute approximate surface area is 238 Å². The van der Waals surface area contributed by atoms with Crippen molar-refractivity contribution in [1.29, 1.82) is 0 Å². The number of hydrogen-bond donors (Lipinski definition) is 1. The van der Waals surface area contributed by atoms with Gasteiger partial charge in [0.25, 0.3) is 5.78 Å². The molecule has 1 heterocycles. The number of benzene rings is 1. The molecule has 3 N–H and O–H groups in total. The maximum absolute atomic E-state index is 13.3. The smallest absolute Gasteiger partial charge is 0.455 e. The van der Waals surface area contributed by atoms with Gasteiger partial charge in [-0.1, -0.05) is 74.4 Å². The first-order chi connectivity index (χ1) is 14.1. The Morgan fingerprint density at radius 1 is 0.882 bits per heavy atom. The molecule has 0 fully saturated rings. The minimum absolute atomic E-state index is 0. The molecule has 0 aliphatic carbocycles. The van der Waals surface area contributed by atoms with E-state index in [2.05, 4.69) is 66.7 Å². The van der Waals surface area contributed by atoms with Gasteiger partial charge in [-0.2, -0.15) is 13.2 Å². The molecule has 195 valence electrons. The van der Waals surface area contributed by atoms with Crippen molar-refractivity contribution >= 4 is 23.9 Å². The van der Waals surface area contributed by atoms with Crippen molar-refractivity contribution < 1.29 is 86.9 Å². The van der Waals surface area contributed by atoms with E-state index in [1.54, 1.807) is 0 Å². The van der Waals surface area contributed by atoms with Gasteiger partial charge < -0.3 is 19.6 Å². The second-order valence-corrected chi connectivity index (χ2v) is 15.8. The number of aromatic hydroxyl groups is 1. The third kappa shape index (κ3) is 7.25. The van der Waals surface area contributed by atoms with Gasteiger partial charge in [-0.15, -0.1) is 0 Å². The van der Waals surface area contributed by atoms with E-state index in [1.165, 1.54) is 24.3 Å². The van der Waals surface area contributed by atoms with Crippen LogP contribution in [0.1, 0.15) is 72.7 Å². The van der Waals surface area contributed by atoms with Crippen LogP contribution < -0.4 is 5.63 Å². The Morgan fingerprint density at radius 2 is 1.26 bits per heavy atom. The van der Waals surface area contributed by atoms with Crippen molar-refractivity contribution in [1.82, 2.24) is 0 Å². The molecular weight excluding hydrogens is 612 g/mol. The summed E-state index contributed by atoms with van der Waals surface area (Å²) in [6.45, 7) is 18.9. The monoisotopic (exact) mass is 647 g/mol. The van der Waals surface area contributed by atoms with Gasteiger partial charge in [-0.3, -0.25) is 4.79 Å². The number of Topliss-reactive ketones (excluding diaryl/α,β-unsaturated/α-hetero) is 1. The van der Waals surface area contributed by atoms with Gasteiger partial charge in [0, 0.05) is 64.8 Å². The fraction of sp³-hybridized carbons (Fsp3) is 0.565. The second kappa shape index (κ2) is 11.7. The fourth-order valence-corrected chi connectivity index (χ4v) is 10.5. The number of halogens is 3. The van der Waals surface area contributed by atoms with Crippen LogP contribution in [0.25, 0.3) is 11.0 Å². The summed E-state index contributed by atoms with van der Waals surface area (Å²) in [6, 6.07) is 5.42. The van der Waals surface area contributed by atoms with Crippen LogP contribution in [0.15, 0.2) is 33.5 Å². The van der Waals surface area contributed by atoms with Crippen molar-refractivity contribution in [3.63, 3.8) is 0 Å². The summed E-state index contributed by atoms with van der Waals surface area (Å²) < 4.78 is 54.6. The zero-order valence-electron chi connectivity index (χ0n) is 20.8. The van der Waals surface area contributed by atoms with Gasteiger partial charge in [0.1, 0.15) is 18.5 Å². The van der Waals surface area contributed by atoms with Gasteiger partial charge in [-0.05, 0) is 12.1 Å². The van der Waals surface area contributed by atoms with Gasteiger partial charge in [0.15, 0.2) is 5.56 Å². The van der Waals surface area contributed by atoms with Crippen LogP contribution in [0, 0.1) is 49.4 Å². The molecule has 11 heteroatoms. The molecule has 0 saturated heterocycles. The summed E-state index contributed by atoms with van der Waals surface area (Å²) >= 11 is 0. The molecule has 6 nitrogen and oxygen atoms in total. The topological polar surface area (TPSA) is 116 Å². The zero-order chi connectivity index (χ0) is 25.5. The number of carbonyl (C=O) groups excluding carboxylic acids is 1. The predicted molar refractivity (Wildman–Crippen MR) is 125 cm³/mol. The normalized spacial score (nSPS) is 12.7. The summed E-state index contributed by atoms with van der Waals surface area (Å²) in [4.78, 5) is 22.3. The molecule has 0 atom stereocenters. The molecule has 2 rings (SSSR count). The van der Waals surface area contributed by atoms with Gasteiger partial charge in [0.2, 0.25) is 0 Å². The Morgan fingerprint density at radius 3 is 1.59 bits per heavy atom. The molecule has 0 aliphatic heterocycles. The van der Waals surface area contributed by atoms with E-state index in [4.69, 9.17) is 0 Å². The van der Waals surface area contributed by atoms with Crippen molar-refractivity contribution in [2.45, 2.75) is 84.0 Å². The Kier molecular flexibility index (Phi) is 12.2. The summed E-state index contributed by atoms with van der Waals surface area (Å²) in [5.74, 6) is -3.45. The molecule has 0 spiro atoms. The number of fused-ring (bicyclic) bond motifs is 1. The molecule has 0 bridgehead atoms. The van der Waals surface area contributed by atoms with Crippen LogP contribution in [0.2, 0.25) is 0 Å². The van der Waals surface area contributed by atoms with Crippen molar-refractivity contribution in [2.75, 3.05) is 0 Å². The molecule has 0 unspecified atom stereocenters. The van der Waals surface area contributed by atoms with Gasteiger partial charge >= 0.3 is 11.8 Å². The molecule has 1 radical (unpaired) electrons. The molecule has 0 amide bonds. The SMILES string of the molecule is CC(C)(C)P(=O)(C(C)(C)C)C(C)(C)C.O.O=C(c1c(O)c2ccccc2oc1=O)C(F)(F)F.[Eu]. The zero-order valence-corrected chi connectivity index (χ0v) is 24.2. The van der Waals surface area contributed by atoms with Crippen LogP contribution in [0.3, 0.4) is 0 Å². The first kappa shape index (κ1) is 35.6. The largest absolute Gasteiger partial charge is 0.506 e. The van der Waals surface area contributed by atoms with Crippen LogP contribution >= 0.6 is 7.14 Å². The van der Waals surface area contributed by atoms with E-state index in [-0.39, 0.29) is 81.3 Å². The van der Waals surface area contributed by atoms with E-state index in [1.807, 2.05) is 0 Å². The number of rotatable bonds is 1. The molecule has 0 saturated carbocycles. The van der Waals surface area contributed by atoms with E-state index in [0.29, 0.717) is 0 Å². The average molecular weight is 646 g/mol. The molecular formula is C23H34EuF3O6P. The first-order valence-corrected chi connectivity index (χ1v) is 11.7. The van der Waals surface area contributed by atoms with Crippen molar-refractivity contribution in [2.24, 2.45) is 0 Å². The molecule has 1 aromatic heterocycles. The second-order valence-electron chi connectivity index (χ2n) is 10.6. The van der Waals surface area contributed by atoms with E-state index in [0.717, 1.165) is 0 Å². The van der Waals surface area contributed by atoms with Crippen LogP contribution in [0.4, 0.5) is 13.2 Å². The quantitative estimate of drug-likeness (QED) is 0.226. The fourth-order valence-electron chi connectivity index (χ4n) is 4.49. The Balaban J connectivity index is 0. The van der Waals surface area contributed by atoms with Crippen molar-refractivity contribution in [3.05, 3.63) is 40.2 Å². The maximum Gasteiger partial charge on any atom is 0.455 e. The van der Waals surface area contributed by atoms with Crippen LogP contribution in [0.5, 0.6) is 5.75 Å². The first-order valence-electron chi connectivity index (χ1n) is 10.0. The summed E-state index contributed by atoms with van der Waals surface area (Å²) in [5.41, 5.74) is -3.02. The molecule has 34 heavy (non-hydrogen) atoms. The third-order valence-corrected chi connectivity index (χ3v) is 10.8. The number of ketones is 1. The number of carbonyl (C=O) groups is 1. The summed E-state index contributed by atoms with van der Waals surface area (Å²) in [7, 11) is -2.27. The predicted octanol–water partition coefficient (Wildman–Crippen LogP) is 6.16. The standard InChI is InChI=1S/C12H27OP.C11H5F3O4.Eu.H2O/c1-10(2,3)14(13,11(4,5)6)12(7,8)9;12-11(13,14)9(16)7-8(15)5-3-1-2-4-6(5)18-10(7)17;;/h1-9H3;1-4,15H;;1H2. The Hall–Kier alpha value is -0.536. The third-order valence-electron chi connectivity index (χ3n) is 5.10. The van der Waals surface area contributed by atoms with E-state index in [9.17, 15) is 32.4 Å². The van der Waals surface area contributed by atoms with Crippen LogP contribution in [-0.2, 0) is 4.57 Å². The van der Waals surface area contributed by atoms with Crippen LogP contribution in [-0.4, -0.2) is 38.0 Å². The summed E-state index contributed by atoms with van der Waals surface area (Å²) in [6.07, 6.45) is -5.26. The van der Waals surface area contributed by atoms with Crippen molar-refractivity contribution in [3.8, 4) is 5.75 Å². The number of hydrogen-bond acceptors (Lipinski definition) is 5. The number of para-hydroxylation sites is 1. The molecule has 2 aromatic rings. The van der Waals surface area contributed by atoms with E-state index < -0.39 is 36.0 Å². The van der Waals surface area contributed by atoms with Gasteiger partial charge in [0.05, 0.1) is 5.39 Å². The van der Waals surface area contributed by atoms with Gasteiger partial charge in [-0.25, -0.2) is 4.79 Å².